The number of carboxylic acid groups (broad SMARTS) is 1. The van der Waals surface area contributed by atoms with E-state index in [9.17, 15) is 14.4 Å². The second-order valence-corrected chi connectivity index (χ2v) is 6.62. The summed E-state index contributed by atoms with van der Waals surface area (Å²) in [4.78, 5) is 35.0. The summed E-state index contributed by atoms with van der Waals surface area (Å²) in [6, 6.07) is 12.1. The molecule has 29 heavy (non-hydrogen) atoms. The SMILES string of the molecule is COc1ccccc1/C=C1\CCc2c1oc1ccc(NC(=O)C(=O)O)cc1c2=O. The summed E-state index contributed by atoms with van der Waals surface area (Å²) in [5.74, 6) is -1.49. The molecule has 2 N–H and O–H groups in total. The van der Waals surface area contributed by atoms with Gasteiger partial charge in [0.15, 0.2) is 5.43 Å². The van der Waals surface area contributed by atoms with E-state index in [1.165, 1.54) is 12.1 Å². The molecule has 146 valence electrons. The second-order valence-electron chi connectivity index (χ2n) is 6.62. The number of nitrogens with one attached hydrogen (secondary N) is 1. The molecule has 2 aromatic carbocycles. The number of rotatable bonds is 3. The first-order chi connectivity index (χ1) is 14.0. The molecule has 0 aliphatic heterocycles. The highest BCUT2D eigenvalue weighted by molar-refractivity contribution is 6.36. The number of aliphatic carboxylic acids is 1. The largest absolute Gasteiger partial charge is 0.496 e. The van der Waals surface area contributed by atoms with Crippen LogP contribution in [0.1, 0.15) is 23.3 Å². The Morgan fingerprint density at radius 2 is 1.97 bits per heavy atom. The number of ether oxygens (including phenoxy) is 1. The molecule has 7 nitrogen and oxygen atoms in total. The summed E-state index contributed by atoms with van der Waals surface area (Å²) in [6.45, 7) is 0. The third-order valence-corrected chi connectivity index (χ3v) is 4.84. The average Bonchev–Trinajstić information content (AvgIpc) is 3.11. The van der Waals surface area contributed by atoms with Crippen molar-refractivity contribution >= 4 is 40.2 Å². The van der Waals surface area contributed by atoms with Crippen LogP contribution in [-0.2, 0) is 16.0 Å². The number of carbonyl (C=O) groups excluding carboxylic acids is 1. The third kappa shape index (κ3) is 3.38. The van der Waals surface area contributed by atoms with E-state index in [2.05, 4.69) is 5.32 Å². The van der Waals surface area contributed by atoms with Crippen molar-refractivity contribution in [1.82, 2.24) is 0 Å². The van der Waals surface area contributed by atoms with Crippen molar-refractivity contribution in [1.29, 1.82) is 0 Å². The molecule has 0 saturated carbocycles. The van der Waals surface area contributed by atoms with Crippen LogP contribution in [0.2, 0.25) is 0 Å². The van der Waals surface area contributed by atoms with Gasteiger partial charge in [0.2, 0.25) is 0 Å². The number of anilines is 1. The van der Waals surface area contributed by atoms with E-state index in [0.29, 0.717) is 35.1 Å². The molecule has 0 saturated heterocycles. The van der Waals surface area contributed by atoms with Gasteiger partial charge in [-0.05, 0) is 48.8 Å². The number of amides is 1. The smallest absolute Gasteiger partial charge is 0.394 e. The topological polar surface area (TPSA) is 106 Å². The van der Waals surface area contributed by atoms with Crippen LogP contribution in [0.5, 0.6) is 5.75 Å². The van der Waals surface area contributed by atoms with E-state index in [4.69, 9.17) is 14.3 Å². The van der Waals surface area contributed by atoms with Gasteiger partial charge >= 0.3 is 11.9 Å². The van der Waals surface area contributed by atoms with Crippen LogP contribution in [0.25, 0.3) is 22.6 Å². The molecule has 0 radical (unpaired) electrons. The summed E-state index contributed by atoms with van der Waals surface area (Å²) in [6.07, 6.45) is 3.16. The minimum Gasteiger partial charge on any atom is -0.496 e. The first kappa shape index (κ1) is 18.5. The van der Waals surface area contributed by atoms with Crippen molar-refractivity contribution < 1.29 is 23.8 Å². The minimum absolute atomic E-state index is 0.184. The van der Waals surface area contributed by atoms with E-state index in [1.54, 1.807) is 13.2 Å². The standard InChI is InChI=1S/C22H17NO6/c1-28-17-5-3-2-4-12(17)10-13-6-8-15-19(24)16-11-14(23-21(25)22(26)27)7-9-18(16)29-20(13)15/h2-5,7,9-11H,6,8H2,1H3,(H,23,25)(H,26,27)/b13-10+. The summed E-state index contributed by atoms with van der Waals surface area (Å²) < 4.78 is 11.4. The minimum atomic E-state index is -1.60. The molecular formula is C22H17NO6. The Balaban J connectivity index is 1.78. The average molecular weight is 391 g/mol. The molecule has 1 aliphatic rings. The third-order valence-electron chi connectivity index (χ3n) is 4.84. The first-order valence-corrected chi connectivity index (χ1v) is 8.96. The lowest BCUT2D eigenvalue weighted by molar-refractivity contribution is -0.147. The quantitative estimate of drug-likeness (QED) is 0.664. The highest BCUT2D eigenvalue weighted by atomic mass is 16.5. The summed E-state index contributed by atoms with van der Waals surface area (Å²) in [5.41, 5.74) is 2.78. The van der Waals surface area contributed by atoms with Gasteiger partial charge < -0.3 is 19.6 Å². The number of methoxy groups -OCH3 is 1. The van der Waals surface area contributed by atoms with Crippen LogP contribution in [-0.4, -0.2) is 24.1 Å². The fourth-order valence-corrected chi connectivity index (χ4v) is 3.47. The predicted molar refractivity (Wildman–Crippen MR) is 108 cm³/mol. The van der Waals surface area contributed by atoms with Gasteiger partial charge in [0.1, 0.15) is 17.1 Å². The number of hydrogen-bond donors (Lipinski definition) is 2. The molecule has 3 aromatic rings. The molecule has 0 fully saturated rings. The molecule has 0 atom stereocenters. The van der Waals surface area contributed by atoms with Crippen molar-refractivity contribution in [3.8, 4) is 5.75 Å². The lowest BCUT2D eigenvalue weighted by atomic mass is 10.1. The normalized spacial score (nSPS) is 14.0. The number of carbonyl (C=O) groups is 2. The van der Waals surface area contributed by atoms with Gasteiger partial charge in [-0.2, -0.15) is 0 Å². The Morgan fingerprint density at radius 3 is 2.72 bits per heavy atom. The van der Waals surface area contributed by atoms with Crippen LogP contribution in [0.3, 0.4) is 0 Å². The molecule has 1 aromatic heterocycles. The highest BCUT2D eigenvalue weighted by Gasteiger charge is 2.24. The van der Waals surface area contributed by atoms with Gasteiger partial charge in [0.05, 0.1) is 12.5 Å². The van der Waals surface area contributed by atoms with Crippen molar-refractivity contribution in [3.63, 3.8) is 0 Å². The van der Waals surface area contributed by atoms with Crippen molar-refractivity contribution in [3.05, 3.63) is 69.6 Å². The molecule has 4 rings (SSSR count). The van der Waals surface area contributed by atoms with Crippen molar-refractivity contribution in [2.75, 3.05) is 12.4 Å². The Bertz CT molecular complexity index is 1240. The maximum atomic E-state index is 13.0. The molecular weight excluding hydrogens is 374 g/mol. The second kappa shape index (κ2) is 7.27. The highest BCUT2D eigenvalue weighted by Crippen LogP contribution is 2.35. The molecule has 1 aliphatic carbocycles. The molecule has 1 heterocycles. The summed E-state index contributed by atoms with van der Waals surface area (Å²) in [7, 11) is 1.61. The van der Waals surface area contributed by atoms with E-state index >= 15 is 0 Å². The Labute approximate surface area is 165 Å². The fraction of sp³-hybridized carbons (Fsp3) is 0.136. The molecule has 0 bridgehead atoms. The Hall–Kier alpha value is -3.87. The maximum absolute atomic E-state index is 13.0. The van der Waals surface area contributed by atoms with Gasteiger partial charge in [-0.1, -0.05) is 18.2 Å². The zero-order valence-electron chi connectivity index (χ0n) is 15.5. The first-order valence-electron chi connectivity index (χ1n) is 8.96. The fourth-order valence-electron chi connectivity index (χ4n) is 3.47. The van der Waals surface area contributed by atoms with E-state index in [0.717, 1.165) is 16.9 Å². The van der Waals surface area contributed by atoms with Crippen molar-refractivity contribution in [2.24, 2.45) is 0 Å². The molecule has 1 amide bonds. The van der Waals surface area contributed by atoms with E-state index < -0.39 is 11.9 Å². The van der Waals surface area contributed by atoms with Gasteiger partial charge in [0, 0.05) is 16.8 Å². The maximum Gasteiger partial charge on any atom is 0.394 e. The van der Waals surface area contributed by atoms with Crippen LogP contribution in [0.15, 0.2) is 51.7 Å². The van der Waals surface area contributed by atoms with Crippen LogP contribution in [0.4, 0.5) is 5.69 Å². The number of para-hydroxylation sites is 1. The number of fused-ring (bicyclic) bond motifs is 2. The van der Waals surface area contributed by atoms with Gasteiger partial charge in [0.25, 0.3) is 0 Å². The Morgan fingerprint density at radius 1 is 1.17 bits per heavy atom. The predicted octanol–water partition coefficient (Wildman–Crippen LogP) is 3.31. The number of carboxylic acids is 1. The van der Waals surface area contributed by atoms with Gasteiger partial charge in [-0.15, -0.1) is 0 Å². The van der Waals surface area contributed by atoms with E-state index in [1.807, 2.05) is 30.3 Å². The van der Waals surface area contributed by atoms with E-state index in [-0.39, 0.29) is 11.1 Å². The molecule has 0 unspecified atom stereocenters. The number of allylic oxidation sites excluding steroid dienone is 1. The molecule has 0 spiro atoms. The summed E-state index contributed by atoms with van der Waals surface area (Å²) >= 11 is 0. The van der Waals surface area contributed by atoms with Crippen LogP contribution < -0.4 is 15.5 Å². The summed E-state index contributed by atoms with van der Waals surface area (Å²) in [5, 5.41) is 11.3. The van der Waals surface area contributed by atoms with Gasteiger partial charge in [-0.25, -0.2) is 4.79 Å². The molecule has 7 heteroatoms. The number of hydrogen-bond acceptors (Lipinski definition) is 5. The zero-order valence-corrected chi connectivity index (χ0v) is 15.5. The van der Waals surface area contributed by atoms with Gasteiger partial charge in [-0.3, -0.25) is 9.59 Å². The van der Waals surface area contributed by atoms with Crippen LogP contribution in [0, 0.1) is 0 Å². The lowest BCUT2D eigenvalue weighted by Gasteiger charge is -2.08. The lowest BCUT2D eigenvalue weighted by Crippen LogP contribution is -2.21. The monoisotopic (exact) mass is 391 g/mol. The zero-order chi connectivity index (χ0) is 20.5. The number of benzene rings is 2. The van der Waals surface area contributed by atoms with Crippen molar-refractivity contribution in [2.45, 2.75) is 12.8 Å². The van der Waals surface area contributed by atoms with Crippen LogP contribution >= 0.6 is 0 Å². The Kier molecular flexibility index (Phi) is 4.64.